The van der Waals surface area contributed by atoms with Crippen molar-refractivity contribution in [3.8, 4) is 0 Å². The Hall–Kier alpha value is -0.780. The van der Waals surface area contributed by atoms with E-state index in [2.05, 4.69) is 32.4 Å². The Labute approximate surface area is 87.3 Å². The first kappa shape index (κ1) is 9.76. The second-order valence-electron chi connectivity index (χ2n) is 4.02. The molecule has 0 bridgehead atoms. The Morgan fingerprint density at radius 3 is 2.79 bits per heavy atom. The van der Waals surface area contributed by atoms with E-state index in [1.165, 1.54) is 24.0 Å². The fourth-order valence-corrected chi connectivity index (χ4v) is 2.26. The van der Waals surface area contributed by atoms with Crippen molar-refractivity contribution in [2.75, 3.05) is 0 Å². The second kappa shape index (κ2) is 4.16. The summed E-state index contributed by atoms with van der Waals surface area (Å²) in [7, 11) is 0. The van der Waals surface area contributed by atoms with Gasteiger partial charge < -0.3 is 0 Å². The van der Waals surface area contributed by atoms with Crippen LogP contribution >= 0.6 is 0 Å². The summed E-state index contributed by atoms with van der Waals surface area (Å²) in [6.45, 7) is 4.48. The maximum atomic E-state index is 3.51. The van der Waals surface area contributed by atoms with Crippen LogP contribution in [0.25, 0.3) is 0 Å². The second-order valence-corrected chi connectivity index (χ2v) is 4.02. The maximum Gasteiger partial charge on any atom is 0.0168 e. The monoisotopic (exact) mass is 186 g/mol. The highest BCUT2D eigenvalue weighted by Gasteiger charge is 2.13. The van der Waals surface area contributed by atoms with E-state index in [1.54, 1.807) is 11.1 Å². The quantitative estimate of drug-likeness (QED) is 0.662. The smallest absolute Gasteiger partial charge is 0.0168 e. The van der Waals surface area contributed by atoms with Crippen LogP contribution in [0.1, 0.15) is 48.9 Å². The van der Waals surface area contributed by atoms with Gasteiger partial charge in [-0.3, -0.25) is 0 Å². The van der Waals surface area contributed by atoms with Gasteiger partial charge >= 0.3 is 0 Å². The Morgan fingerprint density at radius 2 is 2.07 bits per heavy atom. The normalized spacial score (nSPS) is 15.3. The summed E-state index contributed by atoms with van der Waals surface area (Å²) < 4.78 is 0. The van der Waals surface area contributed by atoms with Crippen LogP contribution < -0.4 is 0 Å². The molecule has 0 fully saturated rings. The lowest BCUT2D eigenvalue weighted by Gasteiger charge is -2.19. The minimum absolute atomic E-state index is 1.14. The highest BCUT2D eigenvalue weighted by molar-refractivity contribution is 5.44. The van der Waals surface area contributed by atoms with Gasteiger partial charge in [-0.1, -0.05) is 26.0 Å². The van der Waals surface area contributed by atoms with Gasteiger partial charge in [0.2, 0.25) is 0 Å². The van der Waals surface area contributed by atoms with E-state index in [9.17, 15) is 0 Å². The van der Waals surface area contributed by atoms with Gasteiger partial charge in [0, 0.05) is 6.42 Å². The Balaban J connectivity index is 2.47. The van der Waals surface area contributed by atoms with Crippen LogP contribution in [0.15, 0.2) is 12.1 Å². The first-order chi connectivity index (χ1) is 6.85. The molecule has 14 heavy (non-hydrogen) atoms. The summed E-state index contributed by atoms with van der Waals surface area (Å²) in [5, 5.41) is 0. The molecule has 0 nitrogen and oxygen atoms in total. The Morgan fingerprint density at radius 1 is 1.21 bits per heavy atom. The highest BCUT2D eigenvalue weighted by Crippen LogP contribution is 2.27. The van der Waals surface area contributed by atoms with Gasteiger partial charge in [-0.15, -0.1) is 0 Å². The lowest BCUT2D eigenvalue weighted by molar-refractivity contribution is 0.762. The zero-order valence-corrected chi connectivity index (χ0v) is 9.19. The van der Waals surface area contributed by atoms with Crippen LogP contribution in [0.2, 0.25) is 0 Å². The number of fused-ring (bicyclic) bond motifs is 1. The fourth-order valence-electron chi connectivity index (χ4n) is 2.26. The number of hydrogen-bond acceptors (Lipinski definition) is 0. The molecule has 1 aromatic rings. The van der Waals surface area contributed by atoms with Crippen molar-refractivity contribution in [3.63, 3.8) is 0 Å². The van der Waals surface area contributed by atoms with Crippen LogP contribution in [0.3, 0.4) is 0 Å². The first-order valence-corrected chi connectivity index (χ1v) is 5.73. The van der Waals surface area contributed by atoms with Gasteiger partial charge in [0.05, 0.1) is 0 Å². The van der Waals surface area contributed by atoms with Crippen LogP contribution in [-0.2, 0) is 19.3 Å². The van der Waals surface area contributed by atoms with Crippen LogP contribution in [0, 0.1) is 6.42 Å². The predicted octanol–water partition coefficient (Wildman–Crippen LogP) is 3.58. The minimum atomic E-state index is 1.14. The van der Waals surface area contributed by atoms with Gasteiger partial charge in [-0.2, -0.15) is 0 Å². The predicted molar refractivity (Wildman–Crippen MR) is 60.5 cm³/mol. The van der Waals surface area contributed by atoms with Crippen molar-refractivity contribution in [2.45, 2.75) is 46.0 Å². The van der Waals surface area contributed by atoms with E-state index in [0.717, 1.165) is 19.3 Å². The third kappa shape index (κ3) is 1.70. The van der Waals surface area contributed by atoms with Crippen molar-refractivity contribution in [2.24, 2.45) is 0 Å². The molecule has 1 aliphatic rings. The molecule has 0 aromatic heterocycles. The molecule has 0 heteroatoms. The summed E-state index contributed by atoms with van der Waals surface area (Å²) in [4.78, 5) is 0. The standard InChI is InChI=1S/C14H18/c1-3-11-9-12(4-2)14-8-6-5-7-13(14)10-11/h9-10H,3-6,8H2,1-2H3. The summed E-state index contributed by atoms with van der Waals surface area (Å²) >= 11 is 0. The van der Waals surface area contributed by atoms with Crippen molar-refractivity contribution >= 4 is 0 Å². The molecule has 0 saturated carbocycles. The Kier molecular flexibility index (Phi) is 2.90. The topological polar surface area (TPSA) is 0 Å². The highest BCUT2D eigenvalue weighted by atomic mass is 14.2. The molecule has 1 aromatic carbocycles. The van der Waals surface area contributed by atoms with Crippen molar-refractivity contribution in [1.82, 2.24) is 0 Å². The summed E-state index contributed by atoms with van der Waals surface area (Å²) in [5.74, 6) is 0. The number of aryl methyl sites for hydroxylation is 2. The van der Waals surface area contributed by atoms with Gasteiger partial charge in [0.1, 0.15) is 0 Å². The molecule has 2 radical (unpaired) electrons. The van der Waals surface area contributed by atoms with Crippen LogP contribution in [0.4, 0.5) is 0 Å². The third-order valence-corrected chi connectivity index (χ3v) is 3.11. The molecule has 0 N–H and O–H groups in total. The maximum absolute atomic E-state index is 3.51. The van der Waals surface area contributed by atoms with Crippen molar-refractivity contribution in [1.29, 1.82) is 0 Å². The fraction of sp³-hybridized carbons (Fsp3) is 0.500. The SMILES string of the molecule is CCc1cc2c(c(CC)c1)CCC[C]2. The minimum Gasteiger partial charge on any atom is -0.0613 e. The van der Waals surface area contributed by atoms with E-state index in [1.807, 2.05) is 0 Å². The molecule has 0 amide bonds. The van der Waals surface area contributed by atoms with Crippen molar-refractivity contribution in [3.05, 3.63) is 40.8 Å². The van der Waals surface area contributed by atoms with Crippen LogP contribution in [-0.4, -0.2) is 0 Å². The molecular formula is C14H18. The van der Waals surface area contributed by atoms with Gasteiger partial charge in [0.25, 0.3) is 0 Å². The average Bonchev–Trinajstić information content (AvgIpc) is 2.27. The third-order valence-electron chi connectivity index (χ3n) is 3.11. The number of rotatable bonds is 2. The molecular weight excluding hydrogens is 168 g/mol. The molecule has 0 aliphatic heterocycles. The van der Waals surface area contributed by atoms with Gasteiger partial charge in [-0.05, 0) is 54.4 Å². The molecule has 0 atom stereocenters. The van der Waals surface area contributed by atoms with E-state index in [0.29, 0.717) is 0 Å². The molecule has 0 saturated heterocycles. The molecule has 1 aliphatic carbocycles. The van der Waals surface area contributed by atoms with Crippen molar-refractivity contribution < 1.29 is 0 Å². The zero-order chi connectivity index (χ0) is 9.97. The average molecular weight is 186 g/mol. The van der Waals surface area contributed by atoms with E-state index in [-0.39, 0.29) is 0 Å². The molecule has 2 rings (SSSR count). The van der Waals surface area contributed by atoms with E-state index >= 15 is 0 Å². The van der Waals surface area contributed by atoms with Crippen LogP contribution in [0.5, 0.6) is 0 Å². The lowest BCUT2D eigenvalue weighted by atomic mass is 9.85. The number of hydrogen-bond donors (Lipinski definition) is 0. The Bertz CT molecular complexity index is 306. The summed E-state index contributed by atoms with van der Waals surface area (Å²) in [6, 6.07) is 4.71. The van der Waals surface area contributed by atoms with Gasteiger partial charge in [0.15, 0.2) is 0 Å². The summed E-state index contributed by atoms with van der Waals surface area (Å²) in [5.41, 5.74) is 5.98. The van der Waals surface area contributed by atoms with Gasteiger partial charge in [-0.25, -0.2) is 0 Å². The zero-order valence-electron chi connectivity index (χ0n) is 9.19. The molecule has 74 valence electrons. The van der Waals surface area contributed by atoms with E-state index in [4.69, 9.17) is 0 Å². The number of benzene rings is 1. The molecule has 0 unspecified atom stereocenters. The lowest BCUT2D eigenvalue weighted by Crippen LogP contribution is -2.06. The van der Waals surface area contributed by atoms with E-state index < -0.39 is 0 Å². The largest absolute Gasteiger partial charge is 0.0613 e. The molecule has 0 spiro atoms. The first-order valence-electron chi connectivity index (χ1n) is 5.73. The molecule has 0 heterocycles. The summed E-state index contributed by atoms with van der Waals surface area (Å²) in [6.07, 6.45) is 9.50.